The maximum atomic E-state index is 14.5. The van der Waals surface area contributed by atoms with E-state index in [-0.39, 0.29) is 0 Å². The van der Waals surface area contributed by atoms with E-state index in [1.54, 1.807) is 0 Å². The van der Waals surface area contributed by atoms with Gasteiger partial charge in [-0.1, -0.05) is 0 Å². The van der Waals surface area contributed by atoms with Crippen LogP contribution in [0.25, 0.3) is 0 Å². The third kappa shape index (κ3) is 6.99. The molecule has 0 aromatic heterocycles. The van der Waals surface area contributed by atoms with Crippen molar-refractivity contribution >= 4 is 40.2 Å². The van der Waals surface area contributed by atoms with E-state index in [2.05, 4.69) is 0 Å². The Kier molecular flexibility index (Phi) is 7.16. The molecule has 0 bridgehead atoms. The van der Waals surface area contributed by atoms with E-state index >= 15 is 0 Å². The Morgan fingerprint density at radius 3 is 1.38 bits per heavy atom. The lowest BCUT2D eigenvalue weighted by molar-refractivity contribution is 0.476. The van der Waals surface area contributed by atoms with Gasteiger partial charge in [-0.15, -0.1) is 0 Å². The first-order valence-electron chi connectivity index (χ1n) is 7.99. The zero-order valence-electron chi connectivity index (χ0n) is 15.5. The molecule has 0 heterocycles. The molecule has 2 aromatic carbocycles. The summed E-state index contributed by atoms with van der Waals surface area (Å²) in [6.07, 6.45) is 0. The highest BCUT2D eigenvalue weighted by Gasteiger charge is 2.26. The summed E-state index contributed by atoms with van der Waals surface area (Å²) >= 11 is 0. The van der Waals surface area contributed by atoms with Crippen molar-refractivity contribution in [2.24, 2.45) is 0 Å². The van der Waals surface area contributed by atoms with Gasteiger partial charge < -0.3 is 0 Å². The van der Waals surface area contributed by atoms with Crippen LogP contribution in [0.3, 0.4) is 0 Å². The van der Waals surface area contributed by atoms with Gasteiger partial charge in [-0.2, -0.15) is 25.3 Å². The summed E-state index contributed by atoms with van der Waals surface area (Å²) < 4.78 is 148. The van der Waals surface area contributed by atoms with E-state index < -0.39 is 95.6 Å². The lowest BCUT2D eigenvalue weighted by Crippen LogP contribution is -2.12. The van der Waals surface area contributed by atoms with Gasteiger partial charge in [0.1, 0.15) is 28.9 Å². The van der Waals surface area contributed by atoms with Crippen LogP contribution >= 0.6 is 0 Å². The predicted octanol–water partition coefficient (Wildman–Crippen LogP) is 0.961. The fraction of sp³-hybridized carbons (Fsp3) is 0.200. The van der Waals surface area contributed by atoms with Crippen LogP contribution in [0.15, 0.2) is 40.1 Å². The van der Waals surface area contributed by atoms with Gasteiger partial charge in [0.05, 0.1) is 9.79 Å². The highest BCUT2D eigenvalue weighted by Crippen LogP contribution is 2.28. The third-order valence-electron chi connectivity index (χ3n) is 3.85. The molecule has 3 N–H and O–H groups in total. The first-order chi connectivity index (χ1) is 14.3. The zero-order valence-corrected chi connectivity index (χ0v) is 18.8. The standard InChI is InChI=1S/C15H14F2O11S4/c16-14-2-1-12(3-9(14)6-29(18,19)20)32(27,28)13-4-10(7-30(21,22)23)15(17)11(5-13)8-31(24,25)26/h1-5H,6-8H2,(H,18,19,20)(H,21,22,23)(H,24,25,26). The van der Waals surface area contributed by atoms with E-state index in [4.69, 9.17) is 13.7 Å². The average molecular weight is 537 g/mol. The zero-order chi connectivity index (χ0) is 24.7. The number of benzene rings is 2. The molecule has 0 atom stereocenters. The van der Waals surface area contributed by atoms with Crippen LogP contribution in [0.1, 0.15) is 16.7 Å². The summed E-state index contributed by atoms with van der Waals surface area (Å²) in [5, 5.41) is 0. The molecule has 17 heteroatoms. The topological polar surface area (TPSA) is 197 Å². The van der Waals surface area contributed by atoms with Gasteiger partial charge in [0, 0.05) is 16.7 Å². The van der Waals surface area contributed by atoms with Gasteiger partial charge in [0.15, 0.2) is 0 Å². The highest BCUT2D eigenvalue weighted by molar-refractivity contribution is 7.91. The predicted molar refractivity (Wildman–Crippen MR) is 104 cm³/mol. The Hall–Kier alpha value is -2.02. The van der Waals surface area contributed by atoms with Gasteiger partial charge in [0.2, 0.25) is 9.84 Å². The molecular formula is C15H14F2O11S4. The summed E-state index contributed by atoms with van der Waals surface area (Å²) in [5.74, 6) is -6.88. The molecule has 2 aromatic rings. The molecule has 0 saturated heterocycles. The molecule has 0 saturated carbocycles. The van der Waals surface area contributed by atoms with Gasteiger partial charge in [0.25, 0.3) is 30.4 Å². The molecule has 2 rings (SSSR count). The Labute approximate surface area is 181 Å². The minimum absolute atomic E-state index is 0.470. The van der Waals surface area contributed by atoms with E-state index in [1.807, 2.05) is 0 Å². The van der Waals surface area contributed by atoms with E-state index in [0.717, 1.165) is 0 Å². The number of sulfone groups is 1. The third-order valence-corrected chi connectivity index (χ3v) is 7.61. The van der Waals surface area contributed by atoms with E-state index in [1.165, 1.54) is 0 Å². The lowest BCUT2D eigenvalue weighted by atomic mass is 10.1. The maximum Gasteiger partial charge on any atom is 0.269 e. The van der Waals surface area contributed by atoms with Crippen LogP contribution in [0, 0.1) is 11.6 Å². The Morgan fingerprint density at radius 1 is 0.594 bits per heavy atom. The van der Waals surface area contributed by atoms with Crippen molar-refractivity contribution in [3.63, 3.8) is 0 Å². The highest BCUT2D eigenvalue weighted by atomic mass is 32.2. The van der Waals surface area contributed by atoms with Crippen molar-refractivity contribution in [1.29, 1.82) is 0 Å². The van der Waals surface area contributed by atoms with Crippen LogP contribution in [0.4, 0.5) is 8.78 Å². The molecule has 11 nitrogen and oxygen atoms in total. The van der Waals surface area contributed by atoms with Crippen molar-refractivity contribution in [1.82, 2.24) is 0 Å². The second-order valence-corrected chi connectivity index (χ2v) is 12.8. The molecule has 0 radical (unpaired) electrons. The molecule has 0 amide bonds. The number of halogens is 2. The van der Waals surface area contributed by atoms with Crippen molar-refractivity contribution in [3.05, 3.63) is 58.7 Å². The Balaban J connectivity index is 2.76. The quantitative estimate of drug-likeness (QED) is 0.321. The van der Waals surface area contributed by atoms with E-state index in [9.17, 15) is 42.5 Å². The average Bonchev–Trinajstić information content (AvgIpc) is 2.56. The summed E-state index contributed by atoms with van der Waals surface area (Å²) in [7, 11) is -19.4. The first kappa shape index (κ1) is 26.2. The monoisotopic (exact) mass is 536 g/mol. The molecule has 32 heavy (non-hydrogen) atoms. The molecule has 0 aliphatic carbocycles. The second kappa shape index (κ2) is 8.73. The van der Waals surface area contributed by atoms with E-state index in [0.29, 0.717) is 30.3 Å². The van der Waals surface area contributed by atoms with Gasteiger partial charge in [-0.25, -0.2) is 17.2 Å². The summed E-state index contributed by atoms with van der Waals surface area (Å²) in [6.45, 7) is 0. The first-order valence-corrected chi connectivity index (χ1v) is 14.3. The summed E-state index contributed by atoms with van der Waals surface area (Å²) in [5.41, 5.74) is -2.65. The number of hydrogen-bond donors (Lipinski definition) is 3. The van der Waals surface area contributed by atoms with Crippen molar-refractivity contribution in [3.8, 4) is 0 Å². The van der Waals surface area contributed by atoms with Gasteiger partial charge >= 0.3 is 0 Å². The van der Waals surface area contributed by atoms with Gasteiger partial charge in [-0.05, 0) is 30.3 Å². The summed E-state index contributed by atoms with van der Waals surface area (Å²) in [6, 6.07) is 2.74. The lowest BCUT2D eigenvalue weighted by Gasteiger charge is -2.12. The number of hydrogen-bond acceptors (Lipinski definition) is 8. The van der Waals surface area contributed by atoms with Crippen molar-refractivity contribution in [2.75, 3.05) is 0 Å². The van der Waals surface area contributed by atoms with Crippen molar-refractivity contribution < 1.29 is 56.1 Å². The molecule has 178 valence electrons. The largest absolute Gasteiger partial charge is 0.285 e. The van der Waals surface area contributed by atoms with Crippen molar-refractivity contribution in [2.45, 2.75) is 27.0 Å². The fourth-order valence-electron chi connectivity index (χ4n) is 2.64. The second-order valence-electron chi connectivity index (χ2n) is 6.49. The minimum Gasteiger partial charge on any atom is -0.285 e. The fourth-order valence-corrected chi connectivity index (χ4v) is 5.87. The summed E-state index contributed by atoms with van der Waals surface area (Å²) in [4.78, 5) is -1.67. The van der Waals surface area contributed by atoms with Gasteiger partial charge in [-0.3, -0.25) is 13.7 Å². The molecule has 0 unspecified atom stereocenters. The minimum atomic E-state index is -4.91. The Bertz CT molecular complexity index is 1440. The molecule has 0 aliphatic heterocycles. The SMILES string of the molecule is O=S(=O)(O)Cc1cc(S(=O)(=O)c2cc(CS(=O)(=O)O)c(F)c(CS(=O)(=O)O)c2)ccc1F. The smallest absolute Gasteiger partial charge is 0.269 e. The normalized spacial score (nSPS) is 13.3. The van der Waals surface area contributed by atoms with Crippen LogP contribution in [-0.4, -0.2) is 47.3 Å². The van der Waals surface area contributed by atoms with Crippen LogP contribution < -0.4 is 0 Å². The molecule has 0 spiro atoms. The Morgan fingerprint density at radius 2 is 0.969 bits per heavy atom. The van der Waals surface area contributed by atoms with Crippen LogP contribution in [-0.2, 0) is 57.5 Å². The van der Waals surface area contributed by atoms with Crippen LogP contribution in [0.2, 0.25) is 0 Å². The number of rotatable bonds is 8. The van der Waals surface area contributed by atoms with Crippen LogP contribution in [0.5, 0.6) is 0 Å². The molecule has 0 fully saturated rings. The molecular weight excluding hydrogens is 522 g/mol. The molecule has 0 aliphatic rings. The maximum absolute atomic E-state index is 14.5.